The van der Waals surface area contributed by atoms with E-state index >= 15 is 0 Å². The summed E-state index contributed by atoms with van der Waals surface area (Å²) in [6, 6.07) is 2.55. The number of hydrogen-bond donors (Lipinski definition) is 1. The number of amides is 1. The number of rotatable bonds is 2. The fourth-order valence-electron chi connectivity index (χ4n) is 2.80. The van der Waals surface area contributed by atoms with Crippen LogP contribution < -0.4 is 0 Å². The van der Waals surface area contributed by atoms with Gasteiger partial charge >= 0.3 is 5.97 Å². The summed E-state index contributed by atoms with van der Waals surface area (Å²) in [7, 11) is 0. The van der Waals surface area contributed by atoms with Crippen molar-refractivity contribution < 1.29 is 19.1 Å². The maximum Gasteiger partial charge on any atom is 0.331 e. The molecule has 2 aromatic heterocycles. The first-order valence-electron chi connectivity index (χ1n) is 6.66. The highest BCUT2D eigenvalue weighted by molar-refractivity contribution is 7.10. The molecule has 1 aliphatic heterocycles. The van der Waals surface area contributed by atoms with Gasteiger partial charge in [-0.05, 0) is 43.3 Å². The van der Waals surface area contributed by atoms with Gasteiger partial charge < -0.3 is 14.4 Å². The summed E-state index contributed by atoms with van der Waals surface area (Å²) in [5.74, 6) is -0.108. The average molecular weight is 305 g/mol. The van der Waals surface area contributed by atoms with Crippen LogP contribution in [0.5, 0.6) is 0 Å². The van der Waals surface area contributed by atoms with Gasteiger partial charge in [0.2, 0.25) is 0 Å². The summed E-state index contributed by atoms with van der Waals surface area (Å²) in [5, 5.41) is 11.4. The van der Waals surface area contributed by atoms with Crippen LogP contribution >= 0.6 is 11.3 Å². The second-order valence-electron chi connectivity index (χ2n) is 5.12. The summed E-state index contributed by atoms with van der Waals surface area (Å²) in [4.78, 5) is 26.8. The van der Waals surface area contributed by atoms with Crippen molar-refractivity contribution >= 4 is 23.2 Å². The van der Waals surface area contributed by atoms with Crippen LogP contribution in [0.15, 0.2) is 21.9 Å². The van der Waals surface area contributed by atoms with E-state index in [1.54, 1.807) is 37.3 Å². The van der Waals surface area contributed by atoms with Crippen molar-refractivity contribution in [2.75, 3.05) is 6.54 Å². The quantitative estimate of drug-likeness (QED) is 0.926. The first-order valence-corrected chi connectivity index (χ1v) is 7.54. The van der Waals surface area contributed by atoms with E-state index in [0.29, 0.717) is 30.0 Å². The molecule has 6 heteroatoms. The number of nitrogens with zero attached hydrogens (tertiary/aromatic N) is 1. The van der Waals surface area contributed by atoms with E-state index in [1.165, 1.54) is 4.90 Å². The minimum Gasteiger partial charge on any atom is -0.479 e. The predicted octanol–water partition coefficient (Wildman–Crippen LogP) is 2.78. The van der Waals surface area contributed by atoms with Crippen LogP contribution in [0.3, 0.4) is 0 Å². The molecule has 1 unspecified atom stereocenters. The molecule has 1 amide bonds. The molecule has 0 saturated heterocycles. The van der Waals surface area contributed by atoms with Crippen LogP contribution in [0.2, 0.25) is 0 Å². The average Bonchev–Trinajstić information content (AvgIpc) is 3.02. The van der Waals surface area contributed by atoms with Crippen LogP contribution in [-0.2, 0) is 11.2 Å². The number of carboxylic acids is 1. The molecule has 0 spiro atoms. The fourth-order valence-corrected chi connectivity index (χ4v) is 3.70. The van der Waals surface area contributed by atoms with Gasteiger partial charge in [0.1, 0.15) is 11.5 Å². The van der Waals surface area contributed by atoms with Gasteiger partial charge in [0.05, 0.1) is 5.56 Å². The molecule has 5 nitrogen and oxygen atoms in total. The van der Waals surface area contributed by atoms with E-state index in [4.69, 9.17) is 4.42 Å². The van der Waals surface area contributed by atoms with Crippen molar-refractivity contribution in [3.8, 4) is 0 Å². The lowest BCUT2D eigenvalue weighted by Crippen LogP contribution is -2.43. The molecule has 0 aromatic carbocycles. The molecule has 110 valence electrons. The summed E-state index contributed by atoms with van der Waals surface area (Å²) in [6.07, 6.45) is 0.693. The Kier molecular flexibility index (Phi) is 3.33. The van der Waals surface area contributed by atoms with Gasteiger partial charge in [-0.15, -0.1) is 11.3 Å². The largest absolute Gasteiger partial charge is 0.479 e. The number of carbonyl (C=O) groups is 2. The van der Waals surface area contributed by atoms with Crippen molar-refractivity contribution in [2.45, 2.75) is 26.3 Å². The van der Waals surface area contributed by atoms with Crippen molar-refractivity contribution in [3.63, 3.8) is 0 Å². The molecule has 21 heavy (non-hydrogen) atoms. The maximum absolute atomic E-state index is 12.7. The number of hydrogen-bond acceptors (Lipinski definition) is 4. The number of aryl methyl sites for hydroxylation is 2. The zero-order valence-electron chi connectivity index (χ0n) is 11.8. The predicted molar refractivity (Wildman–Crippen MR) is 77.6 cm³/mol. The molecular formula is C15H15NO4S. The monoisotopic (exact) mass is 305 g/mol. The van der Waals surface area contributed by atoms with E-state index < -0.39 is 12.0 Å². The molecule has 0 radical (unpaired) electrons. The number of carboxylic acid groups (broad SMARTS) is 1. The van der Waals surface area contributed by atoms with Gasteiger partial charge in [-0.25, -0.2) is 4.79 Å². The first-order chi connectivity index (χ1) is 9.99. The highest BCUT2D eigenvalue weighted by Crippen LogP contribution is 2.34. The zero-order valence-corrected chi connectivity index (χ0v) is 12.6. The molecule has 2 aromatic rings. The van der Waals surface area contributed by atoms with Crippen LogP contribution in [0, 0.1) is 13.8 Å². The van der Waals surface area contributed by atoms with Gasteiger partial charge in [-0.2, -0.15) is 0 Å². The summed E-state index contributed by atoms with van der Waals surface area (Å²) < 4.78 is 5.38. The third-order valence-corrected chi connectivity index (χ3v) is 4.73. The minimum absolute atomic E-state index is 0.284. The number of thiophene rings is 1. The third-order valence-electron chi connectivity index (χ3n) is 3.73. The van der Waals surface area contributed by atoms with Gasteiger partial charge in [0, 0.05) is 11.4 Å². The SMILES string of the molecule is Cc1cc(C(=O)N2CCc3sccc3C2C(=O)O)c(C)o1. The lowest BCUT2D eigenvalue weighted by atomic mass is 9.99. The van der Waals surface area contributed by atoms with Crippen molar-refractivity contribution in [1.82, 2.24) is 4.90 Å². The number of aliphatic carboxylic acids is 1. The summed E-state index contributed by atoms with van der Waals surface area (Å²) in [6.45, 7) is 3.90. The lowest BCUT2D eigenvalue weighted by molar-refractivity contribution is -0.142. The number of fused-ring (bicyclic) bond motifs is 1. The molecule has 3 rings (SSSR count). The summed E-state index contributed by atoms with van der Waals surface area (Å²) in [5.41, 5.74) is 1.17. The normalized spacial score (nSPS) is 17.6. The molecule has 0 fully saturated rings. The Morgan fingerprint density at radius 3 is 2.81 bits per heavy atom. The van der Waals surface area contributed by atoms with Crippen molar-refractivity contribution in [1.29, 1.82) is 0 Å². The maximum atomic E-state index is 12.7. The molecule has 3 heterocycles. The zero-order chi connectivity index (χ0) is 15.1. The fraction of sp³-hybridized carbons (Fsp3) is 0.333. The Balaban J connectivity index is 2.00. The van der Waals surface area contributed by atoms with Crippen LogP contribution in [0.4, 0.5) is 0 Å². The molecule has 0 bridgehead atoms. The highest BCUT2D eigenvalue weighted by atomic mass is 32.1. The Hall–Kier alpha value is -2.08. The number of furan rings is 1. The summed E-state index contributed by atoms with van der Waals surface area (Å²) >= 11 is 1.54. The van der Waals surface area contributed by atoms with Crippen LogP contribution in [-0.4, -0.2) is 28.4 Å². The minimum atomic E-state index is -0.999. The smallest absolute Gasteiger partial charge is 0.331 e. The number of carbonyl (C=O) groups excluding carboxylic acids is 1. The molecule has 1 aliphatic rings. The van der Waals surface area contributed by atoms with E-state index in [0.717, 1.165) is 10.4 Å². The Morgan fingerprint density at radius 2 is 2.19 bits per heavy atom. The Morgan fingerprint density at radius 1 is 1.43 bits per heavy atom. The van der Waals surface area contributed by atoms with Crippen molar-refractivity contribution in [3.05, 3.63) is 45.0 Å². The molecule has 0 saturated carbocycles. The van der Waals surface area contributed by atoms with Gasteiger partial charge in [-0.1, -0.05) is 0 Å². The standard InChI is InChI=1S/C15H15NO4S/c1-8-7-11(9(2)20-8)14(17)16-5-3-12-10(4-6-21-12)13(16)15(18)19/h4,6-7,13H,3,5H2,1-2H3,(H,18,19). The second-order valence-corrected chi connectivity index (χ2v) is 6.12. The molecule has 0 aliphatic carbocycles. The lowest BCUT2D eigenvalue weighted by Gasteiger charge is -2.33. The Labute approximate surface area is 125 Å². The van der Waals surface area contributed by atoms with E-state index in [9.17, 15) is 14.7 Å². The molecular weight excluding hydrogens is 290 g/mol. The van der Waals surface area contributed by atoms with Gasteiger partial charge in [0.15, 0.2) is 6.04 Å². The van der Waals surface area contributed by atoms with Crippen LogP contribution in [0.1, 0.15) is 38.4 Å². The van der Waals surface area contributed by atoms with Gasteiger partial charge in [0.25, 0.3) is 5.91 Å². The first kappa shape index (κ1) is 13.9. The highest BCUT2D eigenvalue weighted by Gasteiger charge is 2.37. The molecule has 1 N–H and O–H groups in total. The Bertz CT molecular complexity index is 715. The third kappa shape index (κ3) is 2.25. The second kappa shape index (κ2) is 5.04. The topological polar surface area (TPSA) is 70.8 Å². The molecule has 1 atom stereocenters. The van der Waals surface area contributed by atoms with Crippen molar-refractivity contribution in [2.24, 2.45) is 0 Å². The van der Waals surface area contributed by atoms with E-state index in [1.807, 2.05) is 5.38 Å². The van der Waals surface area contributed by atoms with Crippen LogP contribution in [0.25, 0.3) is 0 Å². The van der Waals surface area contributed by atoms with Gasteiger partial charge in [-0.3, -0.25) is 4.79 Å². The van der Waals surface area contributed by atoms with E-state index in [2.05, 4.69) is 0 Å². The van der Waals surface area contributed by atoms with E-state index in [-0.39, 0.29) is 5.91 Å².